The van der Waals surface area contributed by atoms with Gasteiger partial charge in [0.1, 0.15) is 16.5 Å². The fourth-order valence-electron chi connectivity index (χ4n) is 1.96. The first-order valence-electron chi connectivity index (χ1n) is 6.45. The Bertz CT molecular complexity index is 864. The maximum atomic E-state index is 13.1. The molecule has 0 radical (unpaired) electrons. The Morgan fingerprint density at radius 3 is 2.48 bits per heavy atom. The zero-order valence-electron chi connectivity index (χ0n) is 12.3. The van der Waals surface area contributed by atoms with Gasteiger partial charge in [0.05, 0.1) is 18.4 Å². The molecule has 0 saturated heterocycles. The molecule has 6 nitrogen and oxygen atoms in total. The normalized spacial score (nSPS) is 11.1. The molecule has 0 aliphatic rings. The largest absolute Gasteiger partial charge is 0.495 e. The van der Waals surface area contributed by atoms with E-state index < -0.39 is 21.8 Å². The molecule has 2 aromatic rings. The van der Waals surface area contributed by atoms with Crippen LogP contribution in [0.1, 0.15) is 15.9 Å². The molecule has 8 heteroatoms. The van der Waals surface area contributed by atoms with Crippen LogP contribution in [0.25, 0.3) is 0 Å². The average Bonchev–Trinajstić information content (AvgIpc) is 2.49. The van der Waals surface area contributed by atoms with Gasteiger partial charge in [-0.1, -0.05) is 0 Å². The molecule has 0 bridgehead atoms. The number of carbonyl (C=O) groups is 1. The molecule has 122 valence electrons. The summed E-state index contributed by atoms with van der Waals surface area (Å²) in [6, 6.07) is 7.09. The van der Waals surface area contributed by atoms with Gasteiger partial charge in [0.15, 0.2) is 0 Å². The lowest BCUT2D eigenvalue weighted by molar-refractivity contribution is 0.0696. The van der Waals surface area contributed by atoms with E-state index in [2.05, 4.69) is 4.72 Å². The van der Waals surface area contributed by atoms with Crippen LogP contribution in [0.5, 0.6) is 5.75 Å². The average molecular weight is 339 g/mol. The van der Waals surface area contributed by atoms with Gasteiger partial charge in [-0.15, -0.1) is 0 Å². The van der Waals surface area contributed by atoms with Crippen molar-refractivity contribution >= 4 is 21.7 Å². The Hall–Kier alpha value is -2.61. The van der Waals surface area contributed by atoms with Crippen molar-refractivity contribution in [1.82, 2.24) is 0 Å². The van der Waals surface area contributed by atoms with E-state index in [1.54, 1.807) is 6.92 Å². The minimum atomic E-state index is -4.11. The zero-order valence-corrected chi connectivity index (χ0v) is 13.1. The first-order valence-corrected chi connectivity index (χ1v) is 7.93. The van der Waals surface area contributed by atoms with Gasteiger partial charge in [0.2, 0.25) is 0 Å². The highest BCUT2D eigenvalue weighted by Gasteiger charge is 2.22. The van der Waals surface area contributed by atoms with E-state index in [1.807, 2.05) is 0 Å². The number of halogens is 1. The number of hydrogen-bond donors (Lipinski definition) is 2. The number of nitrogens with one attached hydrogen (secondary N) is 1. The third kappa shape index (κ3) is 3.59. The lowest BCUT2D eigenvalue weighted by Crippen LogP contribution is -2.15. The smallest absolute Gasteiger partial charge is 0.335 e. The minimum absolute atomic E-state index is 0.00210. The van der Waals surface area contributed by atoms with Crippen LogP contribution >= 0.6 is 0 Å². The van der Waals surface area contributed by atoms with Gasteiger partial charge in [0, 0.05) is 0 Å². The van der Waals surface area contributed by atoms with Crippen molar-refractivity contribution in [2.24, 2.45) is 0 Å². The fraction of sp³-hybridized carbons (Fsp3) is 0.133. The number of carboxylic acids is 1. The van der Waals surface area contributed by atoms with Crippen molar-refractivity contribution in [3.05, 3.63) is 53.3 Å². The Morgan fingerprint density at radius 1 is 1.22 bits per heavy atom. The molecule has 23 heavy (non-hydrogen) atoms. The lowest BCUT2D eigenvalue weighted by atomic mass is 10.2. The summed E-state index contributed by atoms with van der Waals surface area (Å²) in [5, 5.41) is 9.01. The van der Waals surface area contributed by atoms with E-state index in [9.17, 15) is 17.6 Å². The quantitative estimate of drug-likeness (QED) is 0.873. The predicted octanol–water partition coefficient (Wildman–Crippen LogP) is 2.64. The van der Waals surface area contributed by atoms with Crippen LogP contribution in [0, 0.1) is 12.7 Å². The first-order chi connectivity index (χ1) is 10.7. The third-order valence-corrected chi connectivity index (χ3v) is 4.52. The van der Waals surface area contributed by atoms with Gasteiger partial charge in [0.25, 0.3) is 10.0 Å². The SMILES string of the molecule is COc1ccc(C(=O)O)cc1S(=O)(=O)Nc1ccc(F)cc1C. The topological polar surface area (TPSA) is 92.7 Å². The summed E-state index contributed by atoms with van der Waals surface area (Å²) in [6.07, 6.45) is 0. The molecule has 0 aliphatic heterocycles. The van der Waals surface area contributed by atoms with Crippen LogP contribution in [0.2, 0.25) is 0 Å². The summed E-state index contributed by atoms with van der Waals surface area (Å²) in [7, 11) is -2.83. The highest BCUT2D eigenvalue weighted by atomic mass is 32.2. The van der Waals surface area contributed by atoms with Crippen molar-refractivity contribution in [2.45, 2.75) is 11.8 Å². The van der Waals surface area contributed by atoms with Crippen molar-refractivity contribution < 1.29 is 27.4 Å². The Morgan fingerprint density at radius 2 is 1.91 bits per heavy atom. The zero-order chi connectivity index (χ0) is 17.2. The monoisotopic (exact) mass is 339 g/mol. The summed E-state index contributed by atoms with van der Waals surface area (Å²) < 4.78 is 45.4. The summed E-state index contributed by atoms with van der Waals surface area (Å²) in [5.74, 6) is -1.75. The molecule has 2 rings (SSSR count). The maximum Gasteiger partial charge on any atom is 0.335 e. The van der Waals surface area contributed by atoms with E-state index in [4.69, 9.17) is 9.84 Å². The van der Waals surface area contributed by atoms with E-state index in [0.717, 1.165) is 12.1 Å². The van der Waals surface area contributed by atoms with Crippen molar-refractivity contribution in [1.29, 1.82) is 0 Å². The molecule has 0 saturated carbocycles. The molecular weight excluding hydrogens is 325 g/mol. The molecule has 0 amide bonds. The van der Waals surface area contributed by atoms with E-state index in [0.29, 0.717) is 5.56 Å². The van der Waals surface area contributed by atoms with Gasteiger partial charge in [-0.3, -0.25) is 4.72 Å². The predicted molar refractivity (Wildman–Crippen MR) is 81.9 cm³/mol. The van der Waals surface area contributed by atoms with Crippen LogP contribution in [0.4, 0.5) is 10.1 Å². The maximum absolute atomic E-state index is 13.1. The van der Waals surface area contributed by atoms with Gasteiger partial charge >= 0.3 is 5.97 Å². The van der Waals surface area contributed by atoms with Crippen molar-refractivity contribution in [3.8, 4) is 5.75 Å². The molecule has 0 atom stereocenters. The second-order valence-electron chi connectivity index (χ2n) is 4.74. The second-order valence-corrected chi connectivity index (χ2v) is 6.39. The number of anilines is 1. The fourth-order valence-corrected chi connectivity index (χ4v) is 3.29. The van der Waals surface area contributed by atoms with Crippen LogP contribution < -0.4 is 9.46 Å². The molecule has 0 spiro atoms. The highest BCUT2D eigenvalue weighted by Crippen LogP contribution is 2.28. The molecule has 0 aliphatic carbocycles. The number of rotatable bonds is 5. The number of benzene rings is 2. The first kappa shape index (κ1) is 16.8. The Balaban J connectivity index is 2.50. The number of aryl methyl sites for hydroxylation is 1. The van der Waals surface area contributed by atoms with Gasteiger partial charge < -0.3 is 9.84 Å². The van der Waals surface area contributed by atoms with Crippen LogP contribution in [-0.2, 0) is 10.0 Å². The van der Waals surface area contributed by atoms with Crippen molar-refractivity contribution in [2.75, 3.05) is 11.8 Å². The van der Waals surface area contributed by atoms with Crippen molar-refractivity contribution in [3.63, 3.8) is 0 Å². The number of carboxylic acid groups (broad SMARTS) is 1. The van der Waals surface area contributed by atoms with Gasteiger partial charge in [-0.05, 0) is 48.9 Å². The Kier molecular flexibility index (Phi) is 4.55. The second kappa shape index (κ2) is 6.25. The van der Waals surface area contributed by atoms with Crippen LogP contribution in [0.15, 0.2) is 41.3 Å². The summed E-state index contributed by atoms with van der Waals surface area (Å²) in [6.45, 7) is 1.55. The lowest BCUT2D eigenvalue weighted by Gasteiger charge is -2.13. The summed E-state index contributed by atoms with van der Waals surface area (Å²) in [4.78, 5) is 10.7. The molecule has 2 N–H and O–H groups in total. The molecule has 0 unspecified atom stereocenters. The standard InChI is InChI=1S/C15H14FNO5S/c1-9-7-11(16)4-5-12(9)17-23(20,21)14-8-10(15(18)19)3-6-13(14)22-2/h3-8,17H,1-2H3,(H,18,19). The summed E-state index contributed by atoms with van der Waals surface area (Å²) in [5.41, 5.74) is 0.387. The van der Waals surface area contributed by atoms with Crippen LogP contribution in [0.3, 0.4) is 0 Å². The number of sulfonamides is 1. The van der Waals surface area contributed by atoms with Crippen LogP contribution in [-0.4, -0.2) is 26.6 Å². The third-order valence-electron chi connectivity index (χ3n) is 3.13. The van der Waals surface area contributed by atoms with E-state index in [1.165, 1.54) is 31.4 Å². The summed E-state index contributed by atoms with van der Waals surface area (Å²) >= 11 is 0. The molecule has 2 aromatic carbocycles. The van der Waals surface area contributed by atoms with Gasteiger partial charge in [-0.2, -0.15) is 0 Å². The number of methoxy groups -OCH3 is 1. The molecule has 0 fully saturated rings. The minimum Gasteiger partial charge on any atom is -0.495 e. The van der Waals surface area contributed by atoms with E-state index >= 15 is 0 Å². The Labute approximate surface area is 132 Å². The van der Waals surface area contributed by atoms with E-state index in [-0.39, 0.29) is 21.9 Å². The molecular formula is C15H14FNO5S. The number of hydrogen-bond acceptors (Lipinski definition) is 4. The molecule has 0 heterocycles. The molecule has 0 aromatic heterocycles. The highest BCUT2D eigenvalue weighted by molar-refractivity contribution is 7.92. The van der Waals surface area contributed by atoms with Gasteiger partial charge in [-0.25, -0.2) is 17.6 Å². The number of ether oxygens (including phenoxy) is 1. The number of aromatic carboxylic acids is 1.